The number of carboxylic acid groups (broad SMARTS) is 1. The first-order valence-electron chi connectivity index (χ1n) is 4.03. The number of carboxylic acids is 1. The molecular weight excluding hydrogens is 182 g/mol. The van der Waals surface area contributed by atoms with E-state index in [4.69, 9.17) is 5.11 Å². The minimum atomic E-state index is -4.10. The quantitative estimate of drug-likeness (QED) is 0.716. The van der Waals surface area contributed by atoms with Crippen molar-refractivity contribution in [2.45, 2.75) is 38.7 Å². The van der Waals surface area contributed by atoms with Gasteiger partial charge in [0, 0.05) is 0 Å². The number of hydrogen-bond acceptors (Lipinski definition) is 2. The SMILES string of the molecule is CCC(O)(C(C)C)C(F)(F)C(=O)O. The molecule has 0 amide bonds. The molecule has 78 valence electrons. The van der Waals surface area contributed by atoms with E-state index in [9.17, 15) is 18.7 Å². The van der Waals surface area contributed by atoms with Crippen LogP contribution in [0.5, 0.6) is 0 Å². The molecule has 0 bridgehead atoms. The van der Waals surface area contributed by atoms with Gasteiger partial charge in [-0.15, -0.1) is 0 Å². The molecule has 2 N–H and O–H groups in total. The van der Waals surface area contributed by atoms with Crippen molar-refractivity contribution in [3.8, 4) is 0 Å². The number of aliphatic hydroxyl groups is 1. The third kappa shape index (κ3) is 1.80. The zero-order chi connectivity index (χ0) is 10.9. The number of alkyl halides is 2. The van der Waals surface area contributed by atoms with E-state index in [0.29, 0.717) is 0 Å². The summed E-state index contributed by atoms with van der Waals surface area (Å²) in [5.41, 5.74) is -2.47. The van der Waals surface area contributed by atoms with Gasteiger partial charge < -0.3 is 10.2 Å². The lowest BCUT2D eigenvalue weighted by Crippen LogP contribution is -2.56. The van der Waals surface area contributed by atoms with Gasteiger partial charge in [-0.1, -0.05) is 20.8 Å². The van der Waals surface area contributed by atoms with Crippen LogP contribution in [0, 0.1) is 5.92 Å². The average molecular weight is 196 g/mol. The standard InChI is InChI=1S/C8H14F2O3/c1-4-7(13,5(2)3)8(9,10)6(11)12/h5,13H,4H2,1-3H3,(H,11,12). The molecule has 1 atom stereocenters. The van der Waals surface area contributed by atoms with Crippen molar-refractivity contribution in [1.82, 2.24) is 0 Å². The summed E-state index contributed by atoms with van der Waals surface area (Å²) >= 11 is 0. The maximum Gasteiger partial charge on any atom is 0.377 e. The maximum absolute atomic E-state index is 13.0. The summed E-state index contributed by atoms with van der Waals surface area (Å²) in [4.78, 5) is 10.2. The van der Waals surface area contributed by atoms with Gasteiger partial charge in [-0.25, -0.2) is 4.79 Å². The molecule has 0 rings (SSSR count). The third-order valence-electron chi connectivity index (χ3n) is 2.31. The molecule has 0 aliphatic rings. The monoisotopic (exact) mass is 196 g/mol. The van der Waals surface area contributed by atoms with Crippen LogP contribution in [-0.2, 0) is 4.79 Å². The summed E-state index contributed by atoms with van der Waals surface area (Å²) in [5.74, 6) is -7.20. The summed E-state index contributed by atoms with van der Waals surface area (Å²) in [6, 6.07) is 0. The fourth-order valence-corrected chi connectivity index (χ4v) is 1.18. The van der Waals surface area contributed by atoms with E-state index in [0.717, 1.165) is 0 Å². The van der Waals surface area contributed by atoms with Gasteiger partial charge in [0.25, 0.3) is 0 Å². The molecule has 0 radical (unpaired) electrons. The second-order valence-corrected chi connectivity index (χ2v) is 3.31. The molecule has 0 saturated heterocycles. The lowest BCUT2D eigenvalue weighted by atomic mass is 9.82. The Labute approximate surface area is 75.4 Å². The number of halogens is 2. The lowest BCUT2D eigenvalue weighted by molar-refractivity contribution is -0.221. The highest BCUT2D eigenvalue weighted by Crippen LogP contribution is 2.37. The summed E-state index contributed by atoms with van der Waals surface area (Å²) in [5, 5.41) is 17.7. The summed E-state index contributed by atoms with van der Waals surface area (Å²) in [6.45, 7) is 4.05. The Balaban J connectivity index is 5.07. The van der Waals surface area contributed by atoms with E-state index in [1.807, 2.05) is 0 Å². The van der Waals surface area contributed by atoms with Crippen molar-refractivity contribution in [2.24, 2.45) is 5.92 Å². The van der Waals surface area contributed by atoms with Crippen molar-refractivity contribution in [3.63, 3.8) is 0 Å². The molecule has 0 fully saturated rings. The number of carbonyl (C=O) groups is 1. The second kappa shape index (κ2) is 3.57. The molecular formula is C8H14F2O3. The zero-order valence-electron chi connectivity index (χ0n) is 7.84. The van der Waals surface area contributed by atoms with Gasteiger partial charge in [0.05, 0.1) is 0 Å². The van der Waals surface area contributed by atoms with Crippen LogP contribution in [0.4, 0.5) is 8.78 Å². The van der Waals surface area contributed by atoms with Crippen LogP contribution in [-0.4, -0.2) is 27.7 Å². The first-order chi connectivity index (χ1) is 5.70. The molecule has 0 aromatic carbocycles. The van der Waals surface area contributed by atoms with Gasteiger partial charge in [0.1, 0.15) is 5.60 Å². The summed E-state index contributed by atoms with van der Waals surface area (Å²) < 4.78 is 26.0. The Hall–Kier alpha value is -0.710. The van der Waals surface area contributed by atoms with Crippen molar-refractivity contribution in [2.75, 3.05) is 0 Å². The van der Waals surface area contributed by atoms with Gasteiger partial charge in [-0.2, -0.15) is 8.78 Å². The highest BCUT2D eigenvalue weighted by atomic mass is 19.3. The third-order valence-corrected chi connectivity index (χ3v) is 2.31. The van der Waals surface area contributed by atoms with Crippen LogP contribution in [0.3, 0.4) is 0 Å². The Morgan fingerprint density at radius 3 is 1.92 bits per heavy atom. The predicted octanol–water partition coefficient (Wildman–Crippen LogP) is 1.50. The van der Waals surface area contributed by atoms with Gasteiger partial charge in [-0.05, 0) is 12.3 Å². The minimum absolute atomic E-state index is 0.302. The van der Waals surface area contributed by atoms with Crippen LogP contribution in [0.1, 0.15) is 27.2 Å². The van der Waals surface area contributed by atoms with E-state index >= 15 is 0 Å². The average Bonchev–Trinajstić information content (AvgIpc) is 2.01. The second-order valence-electron chi connectivity index (χ2n) is 3.31. The number of aliphatic carboxylic acids is 1. The molecule has 0 aromatic rings. The Morgan fingerprint density at radius 2 is 1.85 bits per heavy atom. The highest BCUT2D eigenvalue weighted by molar-refractivity contribution is 5.77. The van der Waals surface area contributed by atoms with Gasteiger partial charge in [0.2, 0.25) is 0 Å². The normalized spacial score (nSPS) is 17.2. The Bertz CT molecular complexity index is 204. The Kier molecular flexibility index (Phi) is 3.38. The number of rotatable bonds is 4. The van der Waals surface area contributed by atoms with Crippen molar-refractivity contribution in [1.29, 1.82) is 0 Å². The van der Waals surface area contributed by atoms with E-state index in [1.165, 1.54) is 20.8 Å². The van der Waals surface area contributed by atoms with Crippen LogP contribution in [0.2, 0.25) is 0 Å². The van der Waals surface area contributed by atoms with Crippen LogP contribution in [0.15, 0.2) is 0 Å². The molecule has 0 spiro atoms. The van der Waals surface area contributed by atoms with Gasteiger partial charge in [0.15, 0.2) is 0 Å². The van der Waals surface area contributed by atoms with Crippen molar-refractivity contribution in [3.05, 3.63) is 0 Å². The first kappa shape index (κ1) is 12.3. The number of hydrogen-bond donors (Lipinski definition) is 2. The molecule has 13 heavy (non-hydrogen) atoms. The predicted molar refractivity (Wildman–Crippen MR) is 42.7 cm³/mol. The summed E-state index contributed by atoms with van der Waals surface area (Å²) in [7, 11) is 0. The van der Waals surface area contributed by atoms with E-state index < -0.39 is 23.4 Å². The molecule has 3 nitrogen and oxygen atoms in total. The van der Waals surface area contributed by atoms with Crippen LogP contribution in [0.25, 0.3) is 0 Å². The van der Waals surface area contributed by atoms with Crippen LogP contribution >= 0.6 is 0 Å². The minimum Gasteiger partial charge on any atom is -0.477 e. The highest BCUT2D eigenvalue weighted by Gasteiger charge is 2.59. The molecule has 1 unspecified atom stereocenters. The topological polar surface area (TPSA) is 57.5 Å². The van der Waals surface area contributed by atoms with E-state index in [2.05, 4.69) is 0 Å². The molecule has 0 aromatic heterocycles. The van der Waals surface area contributed by atoms with E-state index in [1.54, 1.807) is 0 Å². The fraction of sp³-hybridized carbons (Fsp3) is 0.875. The van der Waals surface area contributed by atoms with Gasteiger partial charge in [-0.3, -0.25) is 0 Å². The van der Waals surface area contributed by atoms with Crippen molar-refractivity contribution < 1.29 is 23.8 Å². The molecule has 0 aliphatic carbocycles. The van der Waals surface area contributed by atoms with Gasteiger partial charge >= 0.3 is 11.9 Å². The van der Waals surface area contributed by atoms with Crippen LogP contribution < -0.4 is 0 Å². The lowest BCUT2D eigenvalue weighted by Gasteiger charge is -2.35. The first-order valence-corrected chi connectivity index (χ1v) is 4.03. The molecule has 0 heterocycles. The largest absolute Gasteiger partial charge is 0.477 e. The maximum atomic E-state index is 13.0. The fourth-order valence-electron chi connectivity index (χ4n) is 1.18. The molecule has 0 saturated carbocycles. The molecule has 0 aliphatic heterocycles. The zero-order valence-corrected chi connectivity index (χ0v) is 7.84. The smallest absolute Gasteiger partial charge is 0.377 e. The molecule has 5 heteroatoms. The van der Waals surface area contributed by atoms with E-state index in [-0.39, 0.29) is 6.42 Å². The Morgan fingerprint density at radius 1 is 1.46 bits per heavy atom. The summed E-state index contributed by atoms with van der Waals surface area (Å²) in [6.07, 6.45) is -0.302. The van der Waals surface area contributed by atoms with Crippen molar-refractivity contribution >= 4 is 5.97 Å².